The lowest BCUT2D eigenvalue weighted by molar-refractivity contribution is -0.131. The Morgan fingerprint density at radius 3 is 2.52 bits per heavy atom. The number of rotatable bonds is 6. The van der Waals surface area contributed by atoms with Crippen molar-refractivity contribution in [3.8, 4) is 0 Å². The normalized spacial score (nSPS) is 11.6. The molecule has 1 aromatic carbocycles. The summed E-state index contributed by atoms with van der Waals surface area (Å²) in [6, 6.07) is 6.90. The smallest absolute Gasteiger partial charge is 0.319 e. The highest BCUT2D eigenvalue weighted by Crippen LogP contribution is 2.13. The summed E-state index contributed by atoms with van der Waals surface area (Å²) in [7, 11) is 1.71. The predicted molar refractivity (Wildman–Crippen MR) is 87.1 cm³/mol. The van der Waals surface area contributed by atoms with Gasteiger partial charge in [-0.05, 0) is 31.2 Å². The molecule has 0 fully saturated rings. The van der Waals surface area contributed by atoms with Gasteiger partial charge in [-0.25, -0.2) is 4.79 Å². The molecule has 0 saturated heterocycles. The van der Waals surface area contributed by atoms with E-state index in [9.17, 15) is 9.59 Å². The number of carbonyl (C=O) groups excluding carboxylic acids is 2. The minimum atomic E-state index is -0.334. The first kappa shape index (κ1) is 17.5. The minimum absolute atomic E-state index is 0.00547. The third kappa shape index (κ3) is 6.14. The van der Waals surface area contributed by atoms with E-state index in [4.69, 9.17) is 5.73 Å². The van der Waals surface area contributed by atoms with Crippen molar-refractivity contribution in [1.82, 2.24) is 10.2 Å². The van der Waals surface area contributed by atoms with Crippen LogP contribution < -0.4 is 16.4 Å². The maximum Gasteiger partial charge on any atom is 0.319 e. The summed E-state index contributed by atoms with van der Waals surface area (Å²) in [6.07, 6.45) is 0.245. The monoisotopic (exact) mass is 356 g/mol. The van der Waals surface area contributed by atoms with Crippen molar-refractivity contribution < 1.29 is 9.59 Å². The van der Waals surface area contributed by atoms with Crippen LogP contribution >= 0.6 is 15.9 Å². The van der Waals surface area contributed by atoms with Crippen molar-refractivity contribution in [3.63, 3.8) is 0 Å². The molecule has 0 aromatic heterocycles. The quantitative estimate of drug-likeness (QED) is 0.725. The molecule has 0 bridgehead atoms. The van der Waals surface area contributed by atoms with Crippen LogP contribution in [-0.2, 0) is 4.79 Å². The van der Waals surface area contributed by atoms with Gasteiger partial charge in [0, 0.05) is 42.8 Å². The Hall–Kier alpha value is -1.60. The second-order valence-corrected chi connectivity index (χ2v) is 5.64. The molecule has 1 aromatic rings. The van der Waals surface area contributed by atoms with Crippen LogP contribution in [-0.4, -0.2) is 43.0 Å². The SMILES string of the molecule is CC(CN)N(C)C(=O)CCNC(=O)Nc1ccc(Br)cc1. The van der Waals surface area contributed by atoms with Crippen LogP contribution in [0.15, 0.2) is 28.7 Å². The number of carbonyl (C=O) groups is 2. The lowest BCUT2D eigenvalue weighted by atomic mass is 10.2. The molecule has 3 amide bonds. The number of likely N-dealkylation sites (N-methyl/N-ethyl adjacent to an activating group) is 1. The number of hydrogen-bond donors (Lipinski definition) is 3. The molecular formula is C14H21BrN4O2. The van der Waals surface area contributed by atoms with Gasteiger partial charge >= 0.3 is 6.03 Å². The van der Waals surface area contributed by atoms with Crippen LogP contribution in [0.2, 0.25) is 0 Å². The van der Waals surface area contributed by atoms with Crippen LogP contribution in [0.3, 0.4) is 0 Å². The molecule has 0 aliphatic rings. The highest BCUT2D eigenvalue weighted by molar-refractivity contribution is 9.10. The van der Waals surface area contributed by atoms with Crippen LogP contribution in [0.5, 0.6) is 0 Å². The molecule has 0 heterocycles. The number of benzene rings is 1. The first-order valence-corrected chi connectivity index (χ1v) is 7.49. The molecule has 7 heteroatoms. The molecule has 0 saturated carbocycles. The van der Waals surface area contributed by atoms with E-state index in [1.54, 1.807) is 24.1 Å². The van der Waals surface area contributed by atoms with Crippen molar-refractivity contribution in [2.24, 2.45) is 5.73 Å². The fourth-order valence-electron chi connectivity index (χ4n) is 1.57. The van der Waals surface area contributed by atoms with Gasteiger partial charge in [-0.15, -0.1) is 0 Å². The van der Waals surface area contributed by atoms with Crippen molar-refractivity contribution in [2.45, 2.75) is 19.4 Å². The largest absolute Gasteiger partial charge is 0.342 e. The molecule has 1 rings (SSSR count). The Morgan fingerprint density at radius 2 is 1.95 bits per heavy atom. The molecule has 4 N–H and O–H groups in total. The first-order valence-electron chi connectivity index (χ1n) is 6.70. The number of anilines is 1. The molecule has 6 nitrogen and oxygen atoms in total. The van der Waals surface area contributed by atoms with Crippen molar-refractivity contribution in [1.29, 1.82) is 0 Å². The van der Waals surface area contributed by atoms with E-state index in [1.807, 2.05) is 19.1 Å². The van der Waals surface area contributed by atoms with E-state index in [1.165, 1.54) is 0 Å². The molecule has 116 valence electrons. The maximum atomic E-state index is 11.8. The lowest BCUT2D eigenvalue weighted by Gasteiger charge is -2.23. The van der Waals surface area contributed by atoms with Gasteiger partial charge in [-0.3, -0.25) is 4.79 Å². The van der Waals surface area contributed by atoms with E-state index in [-0.39, 0.29) is 30.9 Å². The minimum Gasteiger partial charge on any atom is -0.342 e. The molecule has 1 atom stereocenters. The average Bonchev–Trinajstić information content (AvgIpc) is 2.47. The Balaban J connectivity index is 2.30. The first-order chi connectivity index (χ1) is 9.93. The molecular weight excluding hydrogens is 336 g/mol. The average molecular weight is 357 g/mol. The lowest BCUT2D eigenvalue weighted by Crippen LogP contribution is -2.41. The van der Waals surface area contributed by atoms with Crippen molar-refractivity contribution >= 4 is 33.6 Å². The Morgan fingerprint density at radius 1 is 1.33 bits per heavy atom. The van der Waals surface area contributed by atoms with Crippen LogP contribution in [0.4, 0.5) is 10.5 Å². The Kier molecular flexibility index (Phi) is 7.18. The summed E-state index contributed by atoms with van der Waals surface area (Å²) in [5.74, 6) is -0.0445. The summed E-state index contributed by atoms with van der Waals surface area (Å²) in [4.78, 5) is 25.1. The third-order valence-electron chi connectivity index (χ3n) is 3.12. The zero-order valence-corrected chi connectivity index (χ0v) is 13.8. The summed E-state index contributed by atoms with van der Waals surface area (Å²) in [5, 5.41) is 5.34. The molecule has 0 aliphatic carbocycles. The third-order valence-corrected chi connectivity index (χ3v) is 3.65. The second-order valence-electron chi connectivity index (χ2n) is 4.73. The van der Waals surface area contributed by atoms with E-state index in [0.717, 1.165) is 4.47 Å². The van der Waals surface area contributed by atoms with Crippen LogP contribution in [0.25, 0.3) is 0 Å². The zero-order valence-electron chi connectivity index (χ0n) is 12.2. The molecule has 0 radical (unpaired) electrons. The van der Waals surface area contributed by atoms with E-state index in [0.29, 0.717) is 12.2 Å². The van der Waals surface area contributed by atoms with Crippen molar-refractivity contribution in [2.75, 3.05) is 25.5 Å². The number of nitrogens with one attached hydrogen (secondary N) is 2. The van der Waals surface area contributed by atoms with Crippen LogP contribution in [0.1, 0.15) is 13.3 Å². The highest BCUT2D eigenvalue weighted by atomic mass is 79.9. The van der Waals surface area contributed by atoms with Gasteiger partial charge < -0.3 is 21.3 Å². The van der Waals surface area contributed by atoms with Gasteiger partial charge in [0.1, 0.15) is 0 Å². The van der Waals surface area contributed by atoms with Gasteiger partial charge in [0.25, 0.3) is 0 Å². The van der Waals surface area contributed by atoms with Gasteiger partial charge in [0.15, 0.2) is 0 Å². The summed E-state index contributed by atoms with van der Waals surface area (Å²) in [6.45, 7) is 2.58. The number of amides is 3. The standard InChI is InChI=1S/C14H21BrN4O2/c1-10(9-16)19(2)13(20)7-8-17-14(21)18-12-5-3-11(15)4-6-12/h3-6,10H,7-9,16H2,1-2H3,(H2,17,18,21). The van der Waals surface area contributed by atoms with E-state index in [2.05, 4.69) is 26.6 Å². The zero-order chi connectivity index (χ0) is 15.8. The van der Waals surface area contributed by atoms with Gasteiger partial charge in [0.05, 0.1) is 0 Å². The Labute approximate surface area is 133 Å². The predicted octanol–water partition coefficient (Wildman–Crippen LogP) is 1.77. The van der Waals surface area contributed by atoms with E-state index < -0.39 is 0 Å². The highest BCUT2D eigenvalue weighted by Gasteiger charge is 2.14. The van der Waals surface area contributed by atoms with Gasteiger partial charge in [0.2, 0.25) is 5.91 Å². The molecule has 1 unspecified atom stereocenters. The second kappa shape index (κ2) is 8.63. The Bertz CT molecular complexity index is 478. The molecule has 0 aliphatic heterocycles. The number of nitrogens with zero attached hydrogens (tertiary/aromatic N) is 1. The van der Waals surface area contributed by atoms with E-state index >= 15 is 0 Å². The summed E-state index contributed by atoms with van der Waals surface area (Å²) < 4.78 is 0.941. The number of halogens is 1. The fourth-order valence-corrected chi connectivity index (χ4v) is 1.84. The van der Waals surface area contributed by atoms with Crippen LogP contribution in [0, 0.1) is 0 Å². The summed E-state index contributed by atoms with van der Waals surface area (Å²) in [5.41, 5.74) is 6.20. The van der Waals surface area contributed by atoms with Gasteiger partial charge in [-0.1, -0.05) is 15.9 Å². The topological polar surface area (TPSA) is 87.5 Å². The maximum absolute atomic E-state index is 11.8. The number of nitrogens with two attached hydrogens (primary N) is 1. The molecule has 21 heavy (non-hydrogen) atoms. The number of urea groups is 1. The van der Waals surface area contributed by atoms with Crippen molar-refractivity contribution in [3.05, 3.63) is 28.7 Å². The number of hydrogen-bond acceptors (Lipinski definition) is 3. The fraction of sp³-hybridized carbons (Fsp3) is 0.429. The van der Waals surface area contributed by atoms with Gasteiger partial charge in [-0.2, -0.15) is 0 Å². The molecule has 0 spiro atoms. The summed E-state index contributed by atoms with van der Waals surface area (Å²) >= 11 is 3.32.